The largest absolute Gasteiger partial charge is 0.465 e. The average Bonchev–Trinajstić information content (AvgIpc) is 3.04. The first-order valence-corrected chi connectivity index (χ1v) is 10.2. The summed E-state index contributed by atoms with van der Waals surface area (Å²) in [6.07, 6.45) is 3.63. The molecule has 0 bridgehead atoms. The number of benzene rings is 1. The molecule has 0 spiro atoms. The fraction of sp³-hybridized carbons (Fsp3) is 0.600. The summed E-state index contributed by atoms with van der Waals surface area (Å²) in [4.78, 5) is 24.9. The quantitative estimate of drug-likeness (QED) is 0.817. The van der Waals surface area contributed by atoms with Crippen molar-refractivity contribution in [3.63, 3.8) is 0 Å². The molecule has 1 aliphatic carbocycles. The van der Waals surface area contributed by atoms with Crippen molar-refractivity contribution in [2.24, 2.45) is 5.92 Å². The van der Waals surface area contributed by atoms with Crippen LogP contribution >= 0.6 is 11.8 Å². The van der Waals surface area contributed by atoms with Gasteiger partial charge in [0.25, 0.3) is 0 Å². The van der Waals surface area contributed by atoms with E-state index in [9.17, 15) is 9.59 Å². The van der Waals surface area contributed by atoms with Crippen molar-refractivity contribution in [3.8, 4) is 0 Å². The number of nitrogens with one attached hydrogen (secondary N) is 1. The van der Waals surface area contributed by atoms with Gasteiger partial charge in [-0.2, -0.15) is 0 Å². The molecule has 0 aromatic heterocycles. The van der Waals surface area contributed by atoms with E-state index in [2.05, 4.69) is 31.3 Å². The van der Waals surface area contributed by atoms with Crippen LogP contribution in [0, 0.1) is 19.8 Å². The Kier molecular flexibility index (Phi) is 5.85. The van der Waals surface area contributed by atoms with Crippen LogP contribution in [0.1, 0.15) is 42.0 Å². The Labute approximate surface area is 154 Å². The van der Waals surface area contributed by atoms with Gasteiger partial charge in [-0.1, -0.05) is 17.7 Å². The smallest absolute Gasteiger partial charge is 0.324 e. The van der Waals surface area contributed by atoms with Crippen LogP contribution in [0.25, 0.3) is 0 Å². The van der Waals surface area contributed by atoms with Gasteiger partial charge in [-0.25, -0.2) is 0 Å². The van der Waals surface area contributed by atoms with Gasteiger partial charge in [0.15, 0.2) is 0 Å². The molecule has 1 aromatic carbocycles. The number of Topliss-reactive ketones (excluding diaryl/α,β-unsaturated/α-hetero) is 1. The highest BCUT2D eigenvalue weighted by atomic mass is 32.2. The summed E-state index contributed by atoms with van der Waals surface area (Å²) in [6, 6.07) is 4.03. The molecule has 1 heterocycles. The van der Waals surface area contributed by atoms with Crippen LogP contribution in [0.2, 0.25) is 0 Å². The van der Waals surface area contributed by atoms with Gasteiger partial charge in [0.1, 0.15) is 11.8 Å². The topological polar surface area (TPSA) is 55.4 Å². The van der Waals surface area contributed by atoms with E-state index in [1.54, 1.807) is 6.92 Å². The van der Waals surface area contributed by atoms with Gasteiger partial charge in [0.05, 0.1) is 11.9 Å². The van der Waals surface area contributed by atoms with Gasteiger partial charge >= 0.3 is 5.97 Å². The van der Waals surface area contributed by atoms with Gasteiger partial charge in [0.2, 0.25) is 0 Å². The molecule has 3 rings (SSSR count). The first-order chi connectivity index (χ1) is 12.0. The first-order valence-electron chi connectivity index (χ1n) is 9.13. The summed E-state index contributed by atoms with van der Waals surface area (Å²) in [5.74, 6) is 0.897. The van der Waals surface area contributed by atoms with Crippen molar-refractivity contribution in [1.29, 1.82) is 0 Å². The molecule has 136 valence electrons. The van der Waals surface area contributed by atoms with Crippen molar-refractivity contribution in [2.75, 3.05) is 12.5 Å². The van der Waals surface area contributed by atoms with Crippen LogP contribution in [0.5, 0.6) is 0 Å². The van der Waals surface area contributed by atoms with E-state index in [4.69, 9.17) is 4.74 Å². The van der Waals surface area contributed by atoms with Gasteiger partial charge < -0.3 is 4.74 Å². The summed E-state index contributed by atoms with van der Waals surface area (Å²) in [6.45, 7) is 6.45. The van der Waals surface area contributed by atoms with Crippen molar-refractivity contribution in [1.82, 2.24) is 5.32 Å². The van der Waals surface area contributed by atoms with Gasteiger partial charge in [-0.3, -0.25) is 14.9 Å². The fourth-order valence-corrected chi connectivity index (χ4v) is 5.25. The molecule has 1 aliphatic heterocycles. The first kappa shape index (κ1) is 18.5. The Bertz CT molecular complexity index is 673. The zero-order valence-corrected chi connectivity index (χ0v) is 16.1. The summed E-state index contributed by atoms with van der Waals surface area (Å²) >= 11 is 1.53. The number of fused-ring (bicyclic) bond motifs is 1. The Balaban J connectivity index is 1.64. The Morgan fingerprint density at radius 1 is 1.32 bits per heavy atom. The molecular weight excluding hydrogens is 334 g/mol. The van der Waals surface area contributed by atoms with Crippen LogP contribution in [0.4, 0.5) is 0 Å². The summed E-state index contributed by atoms with van der Waals surface area (Å²) in [7, 11) is 0. The molecule has 0 radical (unpaired) electrons. The van der Waals surface area contributed by atoms with Crippen molar-refractivity contribution in [3.05, 3.63) is 34.4 Å². The van der Waals surface area contributed by atoms with E-state index in [0.717, 1.165) is 19.3 Å². The standard InChI is InChI=1S/C20H27NO3S/c1-4-24-20(23)18-19(25-11-21-18)17(22)10-14-5-6-16-13(3)7-12(2)8-15(16)9-14/h7-8,14,18-19,21H,4-6,9-11H2,1-3H3/t14?,18-,19?/m0/s1. The monoisotopic (exact) mass is 361 g/mol. The van der Waals surface area contributed by atoms with Gasteiger partial charge in [-0.05, 0) is 62.6 Å². The normalized spacial score (nSPS) is 25.5. The minimum atomic E-state index is -0.488. The van der Waals surface area contributed by atoms with Crippen LogP contribution < -0.4 is 5.32 Å². The lowest BCUT2D eigenvalue weighted by atomic mass is 9.79. The van der Waals surface area contributed by atoms with E-state index in [-0.39, 0.29) is 17.0 Å². The van der Waals surface area contributed by atoms with Crippen LogP contribution in [0.3, 0.4) is 0 Å². The predicted molar refractivity (Wildman–Crippen MR) is 101 cm³/mol. The third-order valence-electron chi connectivity index (χ3n) is 5.24. The average molecular weight is 362 g/mol. The maximum atomic E-state index is 12.8. The number of thioether (sulfide) groups is 1. The lowest BCUT2D eigenvalue weighted by molar-refractivity contribution is -0.146. The van der Waals surface area contributed by atoms with E-state index in [1.165, 1.54) is 34.0 Å². The maximum Gasteiger partial charge on any atom is 0.324 e. The predicted octanol–water partition coefficient (Wildman–Crippen LogP) is 2.96. The number of carbonyl (C=O) groups excluding carboxylic acids is 2. The lowest BCUT2D eigenvalue weighted by Crippen LogP contribution is -2.43. The number of hydrogen-bond donors (Lipinski definition) is 1. The van der Waals surface area contributed by atoms with E-state index in [1.807, 2.05) is 0 Å². The molecule has 0 saturated carbocycles. The van der Waals surface area contributed by atoms with E-state index in [0.29, 0.717) is 24.8 Å². The van der Waals surface area contributed by atoms with Crippen LogP contribution in [-0.2, 0) is 27.2 Å². The highest BCUT2D eigenvalue weighted by Gasteiger charge is 2.39. The third-order valence-corrected chi connectivity index (χ3v) is 6.47. The van der Waals surface area contributed by atoms with E-state index >= 15 is 0 Å². The zero-order valence-electron chi connectivity index (χ0n) is 15.3. The van der Waals surface area contributed by atoms with Gasteiger partial charge in [0, 0.05) is 12.3 Å². The molecule has 0 amide bonds. The number of aryl methyl sites for hydroxylation is 2. The van der Waals surface area contributed by atoms with Crippen molar-refractivity contribution in [2.45, 2.75) is 57.7 Å². The van der Waals surface area contributed by atoms with Crippen LogP contribution in [0.15, 0.2) is 12.1 Å². The molecule has 2 unspecified atom stereocenters. The number of rotatable bonds is 5. The van der Waals surface area contributed by atoms with Crippen molar-refractivity contribution < 1.29 is 14.3 Å². The van der Waals surface area contributed by atoms with Crippen molar-refractivity contribution >= 4 is 23.5 Å². The molecule has 5 heteroatoms. The molecule has 1 N–H and O–H groups in total. The Morgan fingerprint density at radius 2 is 2.12 bits per heavy atom. The maximum absolute atomic E-state index is 12.8. The molecule has 3 atom stereocenters. The number of ether oxygens (including phenoxy) is 1. The Morgan fingerprint density at radius 3 is 2.88 bits per heavy atom. The summed E-state index contributed by atoms with van der Waals surface area (Å²) in [5, 5.41) is 2.80. The molecule has 2 aliphatic rings. The van der Waals surface area contributed by atoms with Crippen LogP contribution in [-0.4, -0.2) is 35.5 Å². The number of ketones is 1. The lowest BCUT2D eigenvalue weighted by Gasteiger charge is -2.27. The minimum Gasteiger partial charge on any atom is -0.465 e. The second kappa shape index (κ2) is 7.92. The second-order valence-corrected chi connectivity index (χ2v) is 8.29. The molecule has 1 aromatic rings. The highest BCUT2D eigenvalue weighted by molar-refractivity contribution is 8.00. The highest BCUT2D eigenvalue weighted by Crippen LogP contribution is 2.33. The number of hydrogen-bond acceptors (Lipinski definition) is 5. The molecule has 1 saturated heterocycles. The molecule has 25 heavy (non-hydrogen) atoms. The molecular formula is C20H27NO3S. The third kappa shape index (κ3) is 4.09. The zero-order chi connectivity index (χ0) is 18.0. The summed E-state index contributed by atoms with van der Waals surface area (Å²) < 4.78 is 5.10. The summed E-state index contributed by atoms with van der Waals surface area (Å²) in [5.41, 5.74) is 5.54. The Hall–Kier alpha value is -1.33. The second-order valence-electron chi connectivity index (χ2n) is 7.16. The number of carbonyl (C=O) groups is 2. The number of esters is 1. The van der Waals surface area contributed by atoms with Gasteiger partial charge in [-0.15, -0.1) is 11.8 Å². The molecule has 1 fully saturated rings. The fourth-order valence-electron chi connectivity index (χ4n) is 4.11. The molecule has 4 nitrogen and oxygen atoms in total. The SMILES string of the molecule is CCOC(=O)[C@H]1NCSC1C(=O)CC1CCc2c(C)cc(C)cc2C1. The minimum absolute atomic E-state index is 0.186. The van der Waals surface area contributed by atoms with E-state index < -0.39 is 6.04 Å².